The molecule has 1 unspecified atom stereocenters. The molecule has 4 N–H and O–H groups in total. The van der Waals surface area contributed by atoms with Gasteiger partial charge >= 0.3 is 0 Å². The summed E-state index contributed by atoms with van der Waals surface area (Å²) in [6.45, 7) is 2.04. The third kappa shape index (κ3) is 17.1. The number of thiocarbonyl (C=S) groups is 2. The molecule has 0 aliphatic carbocycles. The molecule has 2 radical (unpaired) electrons. The second-order valence-electron chi connectivity index (χ2n) is 1.88. The largest absolute Gasteiger partial charge is 0.385 e. The molecule has 0 saturated heterocycles. The first-order valence-electron chi connectivity index (χ1n) is 2.90. The smallest absolute Gasteiger partial charge is 0.131 e. The molecule has 0 saturated carbocycles. The Hall–Kier alpha value is 2.48. The van der Waals surface area contributed by atoms with Gasteiger partial charge < -0.3 is 11.5 Å². The van der Waals surface area contributed by atoms with Crippen molar-refractivity contribution in [3.8, 4) is 0 Å². The standard InChI is InChI=1S/C5H10N2S4.2Na/c1-3(11-5(7)9)2-10-4(6)8;;/h3H,2H2,1H3,(H2,6,8)(H2,7,9);;. The molecule has 0 aliphatic heterocycles. The van der Waals surface area contributed by atoms with Crippen LogP contribution >= 0.6 is 48.0 Å². The second kappa shape index (κ2) is 12.5. The Morgan fingerprint density at radius 2 is 1.69 bits per heavy atom. The predicted octanol–water partition coefficient (Wildman–Crippen LogP) is 0.567. The molecule has 1 atom stereocenters. The molecule has 2 nitrogen and oxygen atoms in total. The topological polar surface area (TPSA) is 52.0 Å². The molecule has 0 aromatic rings. The Morgan fingerprint density at radius 1 is 1.23 bits per heavy atom. The Morgan fingerprint density at radius 3 is 2.00 bits per heavy atom. The van der Waals surface area contributed by atoms with Crippen molar-refractivity contribution in [3.63, 3.8) is 0 Å². The van der Waals surface area contributed by atoms with Crippen molar-refractivity contribution in [3.05, 3.63) is 0 Å². The van der Waals surface area contributed by atoms with Crippen LogP contribution in [0.5, 0.6) is 0 Å². The molecule has 0 spiro atoms. The fourth-order valence-electron chi connectivity index (χ4n) is 0.432. The van der Waals surface area contributed by atoms with E-state index in [4.69, 9.17) is 35.9 Å². The van der Waals surface area contributed by atoms with Crippen molar-refractivity contribution in [2.24, 2.45) is 11.5 Å². The van der Waals surface area contributed by atoms with E-state index in [-0.39, 0.29) is 59.1 Å². The Bertz CT molecular complexity index is 167. The van der Waals surface area contributed by atoms with Gasteiger partial charge in [-0.15, -0.1) is 0 Å². The first-order chi connectivity index (χ1) is 5.02. The van der Waals surface area contributed by atoms with Crippen LogP contribution in [0.1, 0.15) is 6.92 Å². The van der Waals surface area contributed by atoms with Crippen LogP contribution in [0.4, 0.5) is 0 Å². The van der Waals surface area contributed by atoms with Gasteiger partial charge in [-0.1, -0.05) is 54.9 Å². The minimum absolute atomic E-state index is 0. The van der Waals surface area contributed by atoms with E-state index >= 15 is 0 Å². The maximum absolute atomic E-state index is 5.32. The van der Waals surface area contributed by atoms with Gasteiger partial charge in [0.2, 0.25) is 0 Å². The van der Waals surface area contributed by atoms with Crippen LogP contribution in [0.25, 0.3) is 0 Å². The van der Waals surface area contributed by atoms with Gasteiger partial charge in [0.1, 0.15) is 8.64 Å². The molecule has 0 fully saturated rings. The third-order valence-corrected chi connectivity index (χ3v) is 3.38. The predicted molar refractivity (Wildman–Crippen MR) is 74.6 cm³/mol. The Balaban J connectivity index is -0.000000500. The molecule has 0 amide bonds. The van der Waals surface area contributed by atoms with E-state index in [0.29, 0.717) is 13.9 Å². The average molecular weight is 272 g/mol. The van der Waals surface area contributed by atoms with E-state index in [0.717, 1.165) is 5.75 Å². The van der Waals surface area contributed by atoms with Crippen molar-refractivity contribution in [1.29, 1.82) is 0 Å². The van der Waals surface area contributed by atoms with Crippen LogP contribution in [0, 0.1) is 0 Å². The van der Waals surface area contributed by atoms with Crippen LogP contribution in [0.2, 0.25) is 0 Å². The molecule has 0 aliphatic rings. The first kappa shape index (κ1) is 20.8. The van der Waals surface area contributed by atoms with E-state index in [1.54, 1.807) is 0 Å². The van der Waals surface area contributed by atoms with E-state index < -0.39 is 0 Å². The number of hydrogen-bond donors (Lipinski definition) is 2. The third-order valence-electron chi connectivity index (χ3n) is 0.778. The van der Waals surface area contributed by atoms with E-state index in [2.05, 4.69) is 0 Å². The SMILES string of the molecule is CC(CSC(N)=S)SC(N)=S.[Na].[Na]. The summed E-state index contributed by atoms with van der Waals surface area (Å²) in [7, 11) is 0. The number of thioether (sulfide) groups is 2. The van der Waals surface area contributed by atoms with Gasteiger partial charge in [0.15, 0.2) is 0 Å². The summed E-state index contributed by atoms with van der Waals surface area (Å²) in [5.74, 6) is 0.858. The molecule has 0 aromatic carbocycles. The quantitative estimate of drug-likeness (QED) is 0.578. The van der Waals surface area contributed by atoms with Crippen LogP contribution in [-0.2, 0) is 0 Å². The van der Waals surface area contributed by atoms with Crippen LogP contribution in [0.3, 0.4) is 0 Å². The second-order valence-corrected chi connectivity index (χ2v) is 5.82. The summed E-state index contributed by atoms with van der Waals surface area (Å²) in [4.78, 5) is 0. The maximum Gasteiger partial charge on any atom is 0.131 e. The molecule has 66 valence electrons. The maximum atomic E-state index is 5.32. The summed E-state index contributed by atoms with van der Waals surface area (Å²) in [5, 5.41) is 0.374. The molecular formula is C5H10N2Na2S4. The number of rotatable bonds is 3. The molecule has 0 rings (SSSR count). The Kier molecular flexibility index (Phi) is 20.1. The van der Waals surface area contributed by atoms with Crippen molar-refractivity contribution in [2.45, 2.75) is 12.2 Å². The molecular weight excluding hydrogens is 262 g/mol. The minimum Gasteiger partial charge on any atom is -0.385 e. The van der Waals surface area contributed by atoms with Gasteiger partial charge in [-0.05, 0) is 0 Å². The normalized spacial score (nSPS) is 10.5. The van der Waals surface area contributed by atoms with Gasteiger partial charge in [-0.2, -0.15) is 0 Å². The van der Waals surface area contributed by atoms with Crippen LogP contribution < -0.4 is 11.5 Å². The molecule has 13 heavy (non-hydrogen) atoms. The molecule has 0 heterocycles. The van der Waals surface area contributed by atoms with Gasteiger partial charge in [0.05, 0.1) is 0 Å². The van der Waals surface area contributed by atoms with E-state index in [9.17, 15) is 0 Å². The van der Waals surface area contributed by atoms with Crippen LogP contribution in [0.15, 0.2) is 0 Å². The summed E-state index contributed by atoms with van der Waals surface area (Å²) < 4.78 is 0.946. The van der Waals surface area contributed by atoms with Gasteiger partial charge in [-0.3, -0.25) is 0 Å². The summed E-state index contributed by atoms with van der Waals surface area (Å²) >= 11 is 12.3. The Labute approximate surface area is 143 Å². The molecule has 8 heteroatoms. The zero-order valence-corrected chi connectivity index (χ0v) is 15.3. The summed E-state index contributed by atoms with van der Waals surface area (Å²) in [6.07, 6.45) is 0. The van der Waals surface area contributed by atoms with Crippen molar-refractivity contribution in [2.75, 3.05) is 5.75 Å². The monoisotopic (exact) mass is 272 g/mol. The summed E-state index contributed by atoms with van der Waals surface area (Å²) in [6, 6.07) is 0. The molecule has 0 aromatic heterocycles. The van der Waals surface area contributed by atoms with Crippen molar-refractivity contribution in [1.82, 2.24) is 0 Å². The fraction of sp³-hybridized carbons (Fsp3) is 0.600. The van der Waals surface area contributed by atoms with Crippen molar-refractivity contribution >= 4 is 116 Å². The van der Waals surface area contributed by atoms with Crippen LogP contribution in [-0.4, -0.2) is 78.8 Å². The fourth-order valence-corrected chi connectivity index (χ4v) is 2.40. The zero-order chi connectivity index (χ0) is 8.85. The van der Waals surface area contributed by atoms with Gasteiger partial charge in [0, 0.05) is 70.1 Å². The average Bonchev–Trinajstić information content (AvgIpc) is 1.82. The zero-order valence-electron chi connectivity index (χ0n) is 8.07. The minimum atomic E-state index is 0. The van der Waals surface area contributed by atoms with E-state index in [1.807, 2.05) is 6.92 Å². The first-order valence-corrected chi connectivity index (χ1v) is 5.59. The molecule has 0 bridgehead atoms. The van der Waals surface area contributed by atoms with Crippen molar-refractivity contribution < 1.29 is 0 Å². The summed E-state index contributed by atoms with van der Waals surface area (Å²) in [5.41, 5.74) is 10.6. The van der Waals surface area contributed by atoms with E-state index in [1.165, 1.54) is 23.5 Å². The number of nitrogens with two attached hydrogens (primary N) is 2. The van der Waals surface area contributed by atoms with Gasteiger partial charge in [0.25, 0.3) is 0 Å². The number of hydrogen-bond acceptors (Lipinski definition) is 4. The van der Waals surface area contributed by atoms with Gasteiger partial charge in [-0.25, -0.2) is 0 Å².